The molecule has 0 aliphatic carbocycles. The van der Waals surface area contributed by atoms with E-state index in [2.05, 4.69) is 4.98 Å². The summed E-state index contributed by atoms with van der Waals surface area (Å²) in [7, 11) is 1.86. The van der Waals surface area contributed by atoms with Gasteiger partial charge in [-0.25, -0.2) is 9.78 Å². The van der Waals surface area contributed by atoms with Gasteiger partial charge in [0.1, 0.15) is 16.6 Å². The maximum absolute atomic E-state index is 12.0. The fraction of sp³-hybridized carbons (Fsp3) is 0.714. The zero-order valence-corrected chi connectivity index (χ0v) is 14.3. The van der Waals surface area contributed by atoms with E-state index in [-0.39, 0.29) is 12.0 Å². The van der Waals surface area contributed by atoms with Gasteiger partial charge in [-0.05, 0) is 33.6 Å². The lowest BCUT2D eigenvalue weighted by molar-refractivity contribution is 0.0202. The van der Waals surface area contributed by atoms with E-state index in [1.54, 1.807) is 4.90 Å². The summed E-state index contributed by atoms with van der Waals surface area (Å²) in [5.41, 5.74) is -0.464. The highest BCUT2D eigenvalue weighted by Crippen LogP contribution is 2.32. The number of carbonyl (C=O) groups excluding carboxylic acids is 1. The van der Waals surface area contributed by atoms with E-state index in [4.69, 9.17) is 27.9 Å². The number of imidazole rings is 1. The number of rotatable bonds is 1. The minimum absolute atomic E-state index is 0.253. The lowest BCUT2D eigenvalue weighted by atomic mass is 9.96. The number of likely N-dealkylation sites (tertiary alicyclic amines) is 1. The van der Waals surface area contributed by atoms with Gasteiger partial charge in [0.2, 0.25) is 0 Å². The monoisotopic (exact) mass is 333 g/mol. The van der Waals surface area contributed by atoms with Crippen molar-refractivity contribution in [2.75, 3.05) is 13.1 Å². The molecule has 1 saturated heterocycles. The van der Waals surface area contributed by atoms with Gasteiger partial charge in [0, 0.05) is 26.1 Å². The lowest BCUT2D eigenvalue weighted by Crippen LogP contribution is -2.41. The van der Waals surface area contributed by atoms with Crippen molar-refractivity contribution in [3.05, 3.63) is 16.1 Å². The summed E-state index contributed by atoms with van der Waals surface area (Å²) in [6, 6.07) is 0. The van der Waals surface area contributed by atoms with Gasteiger partial charge in [0.25, 0.3) is 0 Å². The predicted molar refractivity (Wildman–Crippen MR) is 83.0 cm³/mol. The minimum Gasteiger partial charge on any atom is -0.444 e. The molecule has 118 valence electrons. The molecule has 1 amide bonds. The van der Waals surface area contributed by atoms with E-state index in [9.17, 15) is 4.79 Å². The van der Waals surface area contributed by atoms with Crippen molar-refractivity contribution in [1.82, 2.24) is 14.5 Å². The van der Waals surface area contributed by atoms with Crippen molar-refractivity contribution in [2.45, 2.75) is 45.1 Å². The van der Waals surface area contributed by atoms with E-state index in [0.717, 1.165) is 18.7 Å². The second kappa shape index (κ2) is 6.05. The molecule has 1 aromatic rings. The van der Waals surface area contributed by atoms with Gasteiger partial charge in [-0.3, -0.25) is 0 Å². The molecule has 1 aromatic heterocycles. The van der Waals surface area contributed by atoms with Crippen LogP contribution in [-0.4, -0.2) is 39.2 Å². The summed E-state index contributed by atoms with van der Waals surface area (Å²) >= 11 is 12.0. The van der Waals surface area contributed by atoms with Gasteiger partial charge in [0.05, 0.1) is 0 Å². The Morgan fingerprint density at radius 1 is 1.29 bits per heavy atom. The van der Waals surface area contributed by atoms with Crippen molar-refractivity contribution in [3.63, 3.8) is 0 Å². The molecule has 0 radical (unpaired) electrons. The van der Waals surface area contributed by atoms with Crippen LogP contribution in [0.2, 0.25) is 10.3 Å². The standard InChI is InChI=1S/C14H21Cl2N3O2/c1-14(2,3)21-13(20)19-7-5-9(6-8-19)12-17-10(15)11(16)18(12)4/h9H,5-8H2,1-4H3. The normalized spacial score (nSPS) is 17.1. The Kier molecular flexibility index (Phi) is 4.73. The third-order valence-corrected chi connectivity index (χ3v) is 4.33. The number of amides is 1. The van der Waals surface area contributed by atoms with Crippen LogP contribution in [0.25, 0.3) is 0 Å². The Bertz CT molecular complexity index is 529. The maximum atomic E-state index is 12.0. The molecule has 0 bridgehead atoms. The number of piperidine rings is 1. The van der Waals surface area contributed by atoms with Gasteiger partial charge in [-0.2, -0.15) is 0 Å². The Balaban J connectivity index is 1.97. The van der Waals surface area contributed by atoms with Gasteiger partial charge in [-0.15, -0.1) is 0 Å². The first-order valence-electron chi connectivity index (χ1n) is 7.04. The van der Waals surface area contributed by atoms with Crippen molar-refractivity contribution >= 4 is 29.3 Å². The third-order valence-electron chi connectivity index (χ3n) is 3.53. The second-order valence-corrected chi connectivity index (χ2v) is 7.07. The Morgan fingerprint density at radius 3 is 2.29 bits per heavy atom. The van der Waals surface area contributed by atoms with E-state index in [1.807, 2.05) is 32.4 Å². The molecular formula is C14H21Cl2N3O2. The van der Waals surface area contributed by atoms with Crippen LogP contribution in [-0.2, 0) is 11.8 Å². The average Bonchev–Trinajstić information content (AvgIpc) is 2.65. The molecule has 5 nitrogen and oxygen atoms in total. The molecule has 0 unspecified atom stereocenters. The molecule has 0 aromatic carbocycles. The highest BCUT2D eigenvalue weighted by molar-refractivity contribution is 6.40. The molecule has 1 aliphatic heterocycles. The summed E-state index contributed by atoms with van der Waals surface area (Å²) in [5.74, 6) is 1.15. The molecule has 1 fully saturated rings. The zero-order chi connectivity index (χ0) is 15.8. The highest BCUT2D eigenvalue weighted by Gasteiger charge is 2.29. The number of ether oxygens (including phenoxy) is 1. The molecule has 7 heteroatoms. The van der Waals surface area contributed by atoms with Crippen LogP contribution in [0.4, 0.5) is 4.79 Å². The number of hydrogen-bond acceptors (Lipinski definition) is 3. The number of halogens is 2. The fourth-order valence-electron chi connectivity index (χ4n) is 2.47. The van der Waals surface area contributed by atoms with Crippen molar-refractivity contribution in [3.8, 4) is 0 Å². The molecular weight excluding hydrogens is 313 g/mol. The van der Waals surface area contributed by atoms with Crippen LogP contribution in [0, 0.1) is 0 Å². The van der Waals surface area contributed by atoms with Crippen LogP contribution in [0.3, 0.4) is 0 Å². The van der Waals surface area contributed by atoms with Crippen LogP contribution >= 0.6 is 23.2 Å². The van der Waals surface area contributed by atoms with Crippen LogP contribution in [0.5, 0.6) is 0 Å². The molecule has 1 aliphatic rings. The number of carbonyl (C=O) groups is 1. The molecule has 21 heavy (non-hydrogen) atoms. The summed E-state index contributed by atoms with van der Waals surface area (Å²) in [6.07, 6.45) is 1.41. The highest BCUT2D eigenvalue weighted by atomic mass is 35.5. The average molecular weight is 334 g/mol. The quantitative estimate of drug-likeness (QED) is 0.784. The SMILES string of the molecule is Cn1c(C2CCN(C(=O)OC(C)(C)C)CC2)nc(Cl)c1Cl. The summed E-state index contributed by atoms with van der Waals surface area (Å²) in [5, 5.41) is 0.796. The number of hydrogen-bond donors (Lipinski definition) is 0. The molecule has 0 atom stereocenters. The van der Waals surface area contributed by atoms with E-state index in [1.165, 1.54) is 0 Å². The third kappa shape index (κ3) is 3.83. The summed E-state index contributed by atoms with van der Waals surface area (Å²) in [4.78, 5) is 18.1. The first-order chi connectivity index (χ1) is 9.69. The van der Waals surface area contributed by atoms with E-state index < -0.39 is 5.60 Å². The smallest absolute Gasteiger partial charge is 0.410 e. The number of nitrogens with zero attached hydrogens (tertiary/aromatic N) is 3. The summed E-state index contributed by atoms with van der Waals surface area (Å²) < 4.78 is 7.21. The number of aromatic nitrogens is 2. The molecule has 0 N–H and O–H groups in total. The van der Waals surface area contributed by atoms with Gasteiger partial charge in [-0.1, -0.05) is 23.2 Å². The maximum Gasteiger partial charge on any atom is 0.410 e. The van der Waals surface area contributed by atoms with Crippen molar-refractivity contribution in [1.29, 1.82) is 0 Å². The largest absolute Gasteiger partial charge is 0.444 e. The topological polar surface area (TPSA) is 47.4 Å². The molecule has 0 saturated carbocycles. The van der Waals surface area contributed by atoms with Crippen molar-refractivity contribution in [2.24, 2.45) is 7.05 Å². The molecule has 2 heterocycles. The predicted octanol–water partition coefficient (Wildman–Crippen LogP) is 3.84. The Morgan fingerprint density at radius 2 is 1.86 bits per heavy atom. The van der Waals surface area contributed by atoms with Gasteiger partial charge >= 0.3 is 6.09 Å². The van der Waals surface area contributed by atoms with Gasteiger partial charge in [0.15, 0.2) is 5.15 Å². The zero-order valence-electron chi connectivity index (χ0n) is 12.8. The first-order valence-corrected chi connectivity index (χ1v) is 7.80. The van der Waals surface area contributed by atoms with Crippen LogP contribution in [0.15, 0.2) is 0 Å². The van der Waals surface area contributed by atoms with E-state index >= 15 is 0 Å². The second-order valence-electron chi connectivity index (χ2n) is 6.35. The molecule has 0 spiro atoms. The molecule has 2 rings (SSSR count). The van der Waals surface area contributed by atoms with Crippen LogP contribution < -0.4 is 0 Å². The van der Waals surface area contributed by atoms with E-state index in [0.29, 0.717) is 23.4 Å². The lowest BCUT2D eigenvalue weighted by Gasteiger charge is -2.33. The van der Waals surface area contributed by atoms with Crippen LogP contribution in [0.1, 0.15) is 45.4 Å². The fourth-order valence-corrected chi connectivity index (χ4v) is 2.81. The minimum atomic E-state index is -0.464. The summed E-state index contributed by atoms with van der Waals surface area (Å²) in [6.45, 7) is 6.92. The Hall–Kier alpha value is -0.940. The van der Waals surface area contributed by atoms with Crippen molar-refractivity contribution < 1.29 is 9.53 Å². The Labute approximate surface area is 135 Å². The first kappa shape index (κ1) is 16.4. The van der Waals surface area contributed by atoms with Gasteiger partial charge < -0.3 is 14.2 Å².